The number of para-hydroxylation sites is 1. The van der Waals surface area contributed by atoms with Crippen molar-refractivity contribution in [3.8, 4) is 0 Å². The molecule has 0 amide bonds. The maximum absolute atomic E-state index is 14.2. The third kappa shape index (κ3) is 3.70. The standard InChI is InChI=1S/C16H25FN2O/c1-12(2)18-11-13-5-4-6-14(17)15(13)19-9-7-16(3,20)8-10-19/h4-6,12,18,20H,7-11H2,1-3H3. The number of halogens is 1. The van der Waals surface area contributed by atoms with E-state index in [4.69, 9.17) is 0 Å². The molecule has 0 saturated carbocycles. The van der Waals surface area contributed by atoms with Crippen molar-refractivity contribution >= 4 is 5.69 Å². The Labute approximate surface area is 120 Å². The lowest BCUT2D eigenvalue weighted by Crippen LogP contribution is -2.43. The van der Waals surface area contributed by atoms with Gasteiger partial charge < -0.3 is 15.3 Å². The summed E-state index contributed by atoms with van der Waals surface area (Å²) in [5.41, 5.74) is 1.06. The molecule has 1 heterocycles. The summed E-state index contributed by atoms with van der Waals surface area (Å²) in [5, 5.41) is 13.4. The smallest absolute Gasteiger partial charge is 0.146 e. The summed E-state index contributed by atoms with van der Waals surface area (Å²) < 4.78 is 14.2. The van der Waals surface area contributed by atoms with Gasteiger partial charge in [0.25, 0.3) is 0 Å². The van der Waals surface area contributed by atoms with Crippen LogP contribution in [0.1, 0.15) is 39.2 Å². The molecule has 0 aromatic heterocycles. The number of hydrogen-bond acceptors (Lipinski definition) is 3. The molecule has 3 nitrogen and oxygen atoms in total. The molecule has 0 radical (unpaired) electrons. The Kier molecular flexibility index (Phi) is 4.66. The zero-order chi connectivity index (χ0) is 14.8. The molecule has 1 aliphatic heterocycles. The van der Waals surface area contributed by atoms with Crippen molar-refractivity contribution in [2.24, 2.45) is 0 Å². The Morgan fingerprint density at radius 2 is 2.00 bits per heavy atom. The Morgan fingerprint density at radius 3 is 2.60 bits per heavy atom. The van der Waals surface area contributed by atoms with Crippen molar-refractivity contribution in [2.75, 3.05) is 18.0 Å². The van der Waals surface area contributed by atoms with Crippen LogP contribution in [0, 0.1) is 5.82 Å². The zero-order valence-electron chi connectivity index (χ0n) is 12.6. The van der Waals surface area contributed by atoms with Crippen LogP contribution >= 0.6 is 0 Å². The highest BCUT2D eigenvalue weighted by Gasteiger charge is 2.29. The zero-order valence-corrected chi connectivity index (χ0v) is 12.6. The number of piperidine rings is 1. The molecule has 20 heavy (non-hydrogen) atoms. The van der Waals surface area contributed by atoms with Gasteiger partial charge in [0.1, 0.15) is 5.82 Å². The molecule has 112 valence electrons. The topological polar surface area (TPSA) is 35.5 Å². The Hall–Kier alpha value is -1.13. The number of hydrogen-bond donors (Lipinski definition) is 2. The highest BCUT2D eigenvalue weighted by Crippen LogP contribution is 2.30. The average Bonchev–Trinajstić information content (AvgIpc) is 2.37. The minimum absolute atomic E-state index is 0.172. The van der Waals surface area contributed by atoms with Crippen LogP contribution in [0.3, 0.4) is 0 Å². The van der Waals surface area contributed by atoms with Crippen LogP contribution in [0.2, 0.25) is 0 Å². The number of nitrogens with one attached hydrogen (secondary N) is 1. The monoisotopic (exact) mass is 280 g/mol. The van der Waals surface area contributed by atoms with Crippen LogP contribution in [0.25, 0.3) is 0 Å². The maximum Gasteiger partial charge on any atom is 0.146 e. The fourth-order valence-corrected chi connectivity index (χ4v) is 2.58. The van der Waals surface area contributed by atoms with E-state index >= 15 is 0 Å². The molecule has 1 saturated heterocycles. The van der Waals surface area contributed by atoms with Crippen molar-refractivity contribution in [3.05, 3.63) is 29.6 Å². The summed E-state index contributed by atoms with van der Waals surface area (Å²) in [4.78, 5) is 2.06. The van der Waals surface area contributed by atoms with Gasteiger partial charge in [0, 0.05) is 25.7 Å². The van der Waals surface area contributed by atoms with Crippen molar-refractivity contribution < 1.29 is 9.50 Å². The first-order valence-corrected chi connectivity index (χ1v) is 7.37. The van der Waals surface area contributed by atoms with Crippen molar-refractivity contribution in [3.63, 3.8) is 0 Å². The quantitative estimate of drug-likeness (QED) is 0.890. The first-order valence-electron chi connectivity index (χ1n) is 7.37. The van der Waals surface area contributed by atoms with Crippen LogP contribution < -0.4 is 10.2 Å². The number of aliphatic hydroxyl groups is 1. The van der Waals surface area contributed by atoms with Gasteiger partial charge in [-0.15, -0.1) is 0 Å². The van der Waals surface area contributed by atoms with Gasteiger partial charge in [-0.25, -0.2) is 4.39 Å². The maximum atomic E-state index is 14.2. The average molecular weight is 280 g/mol. The van der Waals surface area contributed by atoms with E-state index < -0.39 is 5.60 Å². The Morgan fingerprint density at radius 1 is 1.35 bits per heavy atom. The highest BCUT2D eigenvalue weighted by molar-refractivity contribution is 5.55. The van der Waals surface area contributed by atoms with E-state index in [1.54, 1.807) is 6.07 Å². The first kappa shape index (κ1) is 15.3. The van der Waals surface area contributed by atoms with Gasteiger partial charge >= 0.3 is 0 Å². The van der Waals surface area contributed by atoms with Crippen LogP contribution in [0.15, 0.2) is 18.2 Å². The lowest BCUT2D eigenvalue weighted by atomic mass is 9.93. The third-order valence-electron chi connectivity index (χ3n) is 3.93. The fourth-order valence-electron chi connectivity index (χ4n) is 2.58. The summed E-state index contributed by atoms with van der Waals surface area (Å²) in [6.07, 6.45) is 1.36. The van der Waals surface area contributed by atoms with Crippen LogP contribution in [0.5, 0.6) is 0 Å². The number of nitrogens with zero attached hydrogens (tertiary/aromatic N) is 1. The molecule has 0 aliphatic carbocycles. The van der Waals surface area contributed by atoms with Gasteiger partial charge in [-0.3, -0.25) is 0 Å². The van der Waals surface area contributed by atoms with Crippen molar-refractivity contribution in [2.45, 2.75) is 51.8 Å². The molecular formula is C16H25FN2O. The van der Waals surface area contributed by atoms with Crippen molar-refractivity contribution in [1.82, 2.24) is 5.32 Å². The van der Waals surface area contributed by atoms with E-state index in [1.165, 1.54) is 6.07 Å². The normalized spacial score (nSPS) is 18.6. The molecule has 1 aliphatic rings. The summed E-state index contributed by atoms with van der Waals surface area (Å²) in [6, 6.07) is 5.62. The van der Waals surface area contributed by atoms with Gasteiger partial charge in [0.05, 0.1) is 11.3 Å². The number of rotatable bonds is 4. The van der Waals surface area contributed by atoms with E-state index in [2.05, 4.69) is 24.1 Å². The van der Waals surface area contributed by atoms with Crippen molar-refractivity contribution in [1.29, 1.82) is 0 Å². The second-order valence-corrected chi connectivity index (χ2v) is 6.27. The number of benzene rings is 1. The predicted octanol–water partition coefficient (Wildman–Crippen LogP) is 2.67. The van der Waals surface area contributed by atoms with Crippen LogP contribution in [-0.2, 0) is 6.54 Å². The van der Waals surface area contributed by atoms with E-state index in [0.717, 1.165) is 5.56 Å². The van der Waals surface area contributed by atoms with Crippen LogP contribution in [-0.4, -0.2) is 29.8 Å². The fraction of sp³-hybridized carbons (Fsp3) is 0.625. The second kappa shape index (κ2) is 6.10. The summed E-state index contributed by atoms with van der Waals surface area (Å²) in [6.45, 7) is 8.07. The Bertz CT molecular complexity index is 450. The summed E-state index contributed by atoms with van der Waals surface area (Å²) >= 11 is 0. The first-order chi connectivity index (χ1) is 9.39. The predicted molar refractivity (Wildman–Crippen MR) is 80.4 cm³/mol. The van der Waals surface area contributed by atoms with Crippen LogP contribution in [0.4, 0.5) is 10.1 Å². The van der Waals surface area contributed by atoms with E-state index in [0.29, 0.717) is 44.2 Å². The highest BCUT2D eigenvalue weighted by atomic mass is 19.1. The summed E-state index contributed by atoms with van der Waals surface area (Å²) in [5.74, 6) is -0.172. The third-order valence-corrected chi connectivity index (χ3v) is 3.93. The summed E-state index contributed by atoms with van der Waals surface area (Å²) in [7, 11) is 0. The lowest BCUT2D eigenvalue weighted by molar-refractivity contribution is 0.0350. The second-order valence-electron chi connectivity index (χ2n) is 6.27. The molecule has 1 aromatic carbocycles. The molecular weight excluding hydrogens is 255 g/mol. The molecule has 0 bridgehead atoms. The minimum Gasteiger partial charge on any atom is -0.390 e. The van der Waals surface area contributed by atoms with Gasteiger partial charge in [0.2, 0.25) is 0 Å². The lowest BCUT2D eigenvalue weighted by Gasteiger charge is -2.38. The van der Waals surface area contributed by atoms with Gasteiger partial charge in [-0.1, -0.05) is 26.0 Å². The molecule has 2 rings (SSSR count). The van der Waals surface area contributed by atoms with Gasteiger partial charge in [0.15, 0.2) is 0 Å². The molecule has 1 aromatic rings. The molecule has 4 heteroatoms. The van der Waals surface area contributed by atoms with E-state index in [9.17, 15) is 9.50 Å². The molecule has 2 N–H and O–H groups in total. The SMILES string of the molecule is CC(C)NCc1cccc(F)c1N1CCC(C)(O)CC1. The Balaban J connectivity index is 2.17. The molecule has 0 atom stereocenters. The molecule has 0 spiro atoms. The van der Waals surface area contributed by atoms with E-state index in [-0.39, 0.29) is 5.82 Å². The number of anilines is 1. The van der Waals surface area contributed by atoms with Gasteiger partial charge in [-0.2, -0.15) is 0 Å². The minimum atomic E-state index is -0.613. The molecule has 0 unspecified atom stereocenters. The molecule has 1 fully saturated rings. The van der Waals surface area contributed by atoms with E-state index in [1.807, 2.05) is 13.0 Å². The largest absolute Gasteiger partial charge is 0.390 e. The van der Waals surface area contributed by atoms with Gasteiger partial charge in [-0.05, 0) is 31.4 Å².